The van der Waals surface area contributed by atoms with Crippen molar-refractivity contribution in [1.82, 2.24) is 5.32 Å². The van der Waals surface area contributed by atoms with E-state index in [2.05, 4.69) is 10.6 Å². The van der Waals surface area contributed by atoms with Crippen molar-refractivity contribution in [3.8, 4) is 11.5 Å². The Kier molecular flexibility index (Phi) is 6.41. The van der Waals surface area contributed by atoms with Gasteiger partial charge in [-0.05, 0) is 72.4 Å². The van der Waals surface area contributed by atoms with Gasteiger partial charge in [0.1, 0.15) is 28.6 Å². The molecule has 40 heavy (non-hydrogen) atoms. The summed E-state index contributed by atoms with van der Waals surface area (Å²) in [7, 11) is 0. The second-order valence-electron chi connectivity index (χ2n) is 10.0. The number of hydrogen-bond acceptors (Lipinski definition) is 3. The summed E-state index contributed by atoms with van der Waals surface area (Å²) >= 11 is 6.33. The van der Waals surface area contributed by atoms with Crippen LogP contribution in [0.2, 0.25) is 0 Å². The fourth-order valence-electron chi connectivity index (χ4n) is 6.16. The van der Waals surface area contributed by atoms with E-state index in [1.54, 1.807) is 12.2 Å². The standard InChI is InChI=1S/C30H21ClF4N2O3/c31-16-3-1-2-15(10-16)22-14-27(38)37-28(30(22)21-7-4-19(34)13-24(21)36-29(30)39)20-11-17(32)5-8-25(20)40-26-9-6-18(33)12-23(26)35/h1,3-13,15,22,28H,2,14H2,(H,36,39)(H,37,38)/t15?,22-,28+,30-/m0/s1. The van der Waals surface area contributed by atoms with Crippen LogP contribution in [0.15, 0.2) is 77.9 Å². The average Bonchev–Trinajstić information content (AvgIpc) is 3.18. The highest BCUT2D eigenvalue weighted by atomic mass is 35.5. The number of rotatable bonds is 4. The number of halogens is 5. The number of carbonyl (C=O) groups excluding carboxylic acids is 2. The molecule has 1 spiro atoms. The third-order valence-electron chi connectivity index (χ3n) is 7.77. The summed E-state index contributed by atoms with van der Waals surface area (Å²) in [5, 5.41) is 6.04. The van der Waals surface area contributed by atoms with Crippen LogP contribution < -0.4 is 15.4 Å². The minimum Gasteiger partial charge on any atom is -0.454 e. The van der Waals surface area contributed by atoms with E-state index in [-0.39, 0.29) is 35.1 Å². The first kappa shape index (κ1) is 26.1. The van der Waals surface area contributed by atoms with Gasteiger partial charge in [-0.2, -0.15) is 0 Å². The molecule has 5 nitrogen and oxygen atoms in total. The third-order valence-corrected chi connectivity index (χ3v) is 8.03. The van der Waals surface area contributed by atoms with Gasteiger partial charge in [0.05, 0.1) is 6.04 Å². The Morgan fingerprint density at radius 2 is 1.60 bits per heavy atom. The van der Waals surface area contributed by atoms with Gasteiger partial charge in [0.2, 0.25) is 11.8 Å². The first-order valence-corrected chi connectivity index (χ1v) is 12.9. The molecular formula is C30H21ClF4N2O3. The second-order valence-corrected chi connectivity index (χ2v) is 10.5. The lowest BCUT2D eigenvalue weighted by Crippen LogP contribution is -2.59. The van der Waals surface area contributed by atoms with Gasteiger partial charge >= 0.3 is 0 Å². The molecule has 2 aliphatic heterocycles. The second kappa shape index (κ2) is 9.82. The fourth-order valence-corrected chi connectivity index (χ4v) is 6.42. The van der Waals surface area contributed by atoms with Crippen LogP contribution in [-0.2, 0) is 15.0 Å². The molecule has 204 valence electrons. The minimum absolute atomic E-state index is 0.0514. The SMILES string of the molecule is O=C1C[C@@H](C2C=C(Cl)C=CC2)[C@]2(C(=O)Nc3cc(F)ccc32)[C@@H](c2cc(F)ccc2Oc2ccc(F)cc2F)N1. The van der Waals surface area contributed by atoms with Crippen LogP contribution in [0, 0.1) is 35.1 Å². The molecule has 1 aliphatic carbocycles. The summed E-state index contributed by atoms with van der Waals surface area (Å²) < 4.78 is 62.9. The minimum atomic E-state index is -1.55. The van der Waals surface area contributed by atoms with Crippen molar-refractivity contribution in [1.29, 1.82) is 0 Å². The van der Waals surface area contributed by atoms with Crippen molar-refractivity contribution in [3.63, 3.8) is 0 Å². The molecule has 4 atom stereocenters. The molecule has 10 heteroatoms. The van der Waals surface area contributed by atoms with Gasteiger partial charge in [0.15, 0.2) is 11.6 Å². The molecule has 3 aliphatic rings. The first-order chi connectivity index (χ1) is 19.2. The number of allylic oxidation sites excluding steroid dienone is 4. The number of ether oxygens (including phenoxy) is 1. The third kappa shape index (κ3) is 4.25. The van der Waals surface area contributed by atoms with Gasteiger partial charge in [0.25, 0.3) is 0 Å². The van der Waals surface area contributed by atoms with Crippen molar-refractivity contribution in [2.45, 2.75) is 24.3 Å². The predicted octanol–water partition coefficient (Wildman–Crippen LogP) is 6.80. The van der Waals surface area contributed by atoms with E-state index in [0.717, 1.165) is 24.3 Å². The van der Waals surface area contributed by atoms with Gasteiger partial charge < -0.3 is 15.4 Å². The molecule has 0 aromatic heterocycles. The molecular weight excluding hydrogens is 548 g/mol. The number of amides is 2. The van der Waals surface area contributed by atoms with E-state index in [1.165, 1.54) is 24.3 Å². The van der Waals surface area contributed by atoms with Gasteiger partial charge in [-0.3, -0.25) is 9.59 Å². The zero-order valence-electron chi connectivity index (χ0n) is 20.7. The highest BCUT2D eigenvalue weighted by Gasteiger charge is 2.62. The number of piperidine rings is 1. The maximum Gasteiger partial charge on any atom is 0.237 e. The highest BCUT2D eigenvalue weighted by Crippen LogP contribution is 2.58. The maximum absolute atomic E-state index is 14.8. The molecule has 1 fully saturated rings. The van der Waals surface area contributed by atoms with Gasteiger partial charge in [-0.1, -0.05) is 29.8 Å². The van der Waals surface area contributed by atoms with Crippen LogP contribution in [0.4, 0.5) is 23.2 Å². The number of hydrogen-bond donors (Lipinski definition) is 2. The van der Waals surface area contributed by atoms with Crippen molar-refractivity contribution in [2.75, 3.05) is 5.32 Å². The van der Waals surface area contributed by atoms with E-state index in [4.69, 9.17) is 16.3 Å². The zero-order chi connectivity index (χ0) is 28.2. The van der Waals surface area contributed by atoms with Crippen LogP contribution in [0.3, 0.4) is 0 Å². The van der Waals surface area contributed by atoms with E-state index in [9.17, 15) is 27.2 Å². The van der Waals surface area contributed by atoms with E-state index < -0.39 is 52.5 Å². The topological polar surface area (TPSA) is 67.4 Å². The van der Waals surface area contributed by atoms with Gasteiger partial charge in [0, 0.05) is 28.8 Å². The van der Waals surface area contributed by atoms with Crippen LogP contribution in [0.5, 0.6) is 11.5 Å². The molecule has 1 saturated heterocycles. The Bertz CT molecular complexity index is 1620. The molecule has 2 heterocycles. The summed E-state index contributed by atoms with van der Waals surface area (Å²) in [5.41, 5.74) is -0.860. The molecule has 1 unspecified atom stereocenters. The van der Waals surface area contributed by atoms with E-state index in [1.807, 2.05) is 6.08 Å². The molecule has 6 rings (SSSR count). The van der Waals surface area contributed by atoms with Crippen LogP contribution >= 0.6 is 11.6 Å². The first-order valence-electron chi connectivity index (χ1n) is 12.5. The van der Waals surface area contributed by atoms with Crippen molar-refractivity contribution < 1.29 is 31.9 Å². The van der Waals surface area contributed by atoms with Crippen LogP contribution in [0.1, 0.15) is 30.0 Å². The Morgan fingerprint density at radius 1 is 0.900 bits per heavy atom. The summed E-state index contributed by atoms with van der Waals surface area (Å²) in [6.45, 7) is 0. The summed E-state index contributed by atoms with van der Waals surface area (Å²) in [6.07, 6.45) is 5.74. The van der Waals surface area contributed by atoms with Crippen molar-refractivity contribution >= 4 is 29.1 Å². The smallest absolute Gasteiger partial charge is 0.237 e. The molecule has 3 aromatic rings. The Balaban J connectivity index is 1.57. The largest absolute Gasteiger partial charge is 0.454 e. The maximum atomic E-state index is 14.8. The Hall–Kier alpha value is -4.11. The average molecular weight is 569 g/mol. The summed E-state index contributed by atoms with van der Waals surface area (Å²) in [5.74, 6) is -5.48. The van der Waals surface area contributed by atoms with Gasteiger partial charge in [-0.25, -0.2) is 17.6 Å². The lowest BCUT2D eigenvalue weighted by atomic mass is 9.57. The number of benzene rings is 3. The number of carbonyl (C=O) groups is 2. The molecule has 0 bridgehead atoms. The monoisotopic (exact) mass is 568 g/mol. The number of nitrogens with one attached hydrogen (secondary N) is 2. The Labute approximate surface area is 231 Å². The zero-order valence-corrected chi connectivity index (χ0v) is 21.4. The summed E-state index contributed by atoms with van der Waals surface area (Å²) in [4.78, 5) is 27.3. The molecule has 2 N–H and O–H groups in total. The number of fused-ring (bicyclic) bond motifs is 2. The predicted molar refractivity (Wildman–Crippen MR) is 140 cm³/mol. The summed E-state index contributed by atoms with van der Waals surface area (Å²) in [6, 6.07) is 8.82. The lowest BCUT2D eigenvalue weighted by molar-refractivity contribution is -0.135. The van der Waals surface area contributed by atoms with E-state index in [0.29, 0.717) is 23.1 Å². The highest BCUT2D eigenvalue weighted by molar-refractivity contribution is 6.31. The molecule has 0 radical (unpaired) electrons. The molecule has 0 saturated carbocycles. The van der Waals surface area contributed by atoms with E-state index >= 15 is 0 Å². The quantitative estimate of drug-likeness (QED) is 0.340. The van der Waals surface area contributed by atoms with Gasteiger partial charge in [-0.15, -0.1) is 0 Å². The van der Waals surface area contributed by atoms with Crippen molar-refractivity contribution in [2.24, 2.45) is 11.8 Å². The lowest BCUT2D eigenvalue weighted by Gasteiger charge is -2.48. The fraction of sp³-hybridized carbons (Fsp3) is 0.200. The molecule has 2 amide bonds. The van der Waals surface area contributed by atoms with Crippen molar-refractivity contribution in [3.05, 3.63) is 112 Å². The van der Waals surface area contributed by atoms with Crippen LogP contribution in [0.25, 0.3) is 0 Å². The Morgan fingerprint density at radius 3 is 2.35 bits per heavy atom. The number of anilines is 1. The molecule has 3 aromatic carbocycles. The van der Waals surface area contributed by atoms with Crippen LogP contribution in [-0.4, -0.2) is 11.8 Å². The normalized spacial score (nSPS) is 25.3.